The molecule has 0 unspecified atom stereocenters. The molecule has 0 bridgehead atoms. The highest BCUT2D eigenvalue weighted by molar-refractivity contribution is 5.97. The molecule has 1 aliphatic carbocycles. The average Bonchev–Trinajstić information content (AvgIpc) is 3.14. The van der Waals surface area contributed by atoms with E-state index in [4.69, 9.17) is 4.74 Å². The summed E-state index contributed by atoms with van der Waals surface area (Å²) >= 11 is 0. The smallest absolute Gasteiger partial charge is 0.338 e. The number of amides is 1. The van der Waals surface area contributed by atoms with Gasteiger partial charge in [0.25, 0.3) is 5.91 Å². The van der Waals surface area contributed by atoms with E-state index in [9.17, 15) is 9.59 Å². The number of aryl methyl sites for hydroxylation is 3. The zero-order valence-corrected chi connectivity index (χ0v) is 17.4. The lowest BCUT2D eigenvalue weighted by molar-refractivity contribution is -0.124. The van der Waals surface area contributed by atoms with Crippen molar-refractivity contribution in [3.63, 3.8) is 0 Å². The highest BCUT2D eigenvalue weighted by Crippen LogP contribution is 2.29. The number of aromatic amines is 1. The van der Waals surface area contributed by atoms with E-state index in [1.54, 1.807) is 6.07 Å². The van der Waals surface area contributed by atoms with Crippen LogP contribution in [0.25, 0.3) is 10.9 Å². The van der Waals surface area contributed by atoms with Gasteiger partial charge in [-0.3, -0.25) is 4.79 Å². The summed E-state index contributed by atoms with van der Waals surface area (Å²) in [5.41, 5.74) is 5.39. The third-order valence-corrected chi connectivity index (χ3v) is 5.78. The van der Waals surface area contributed by atoms with Crippen molar-refractivity contribution >= 4 is 22.8 Å². The molecular weight excluding hydrogens is 376 g/mol. The lowest BCUT2D eigenvalue weighted by atomic mass is 9.95. The van der Waals surface area contributed by atoms with Crippen LogP contribution >= 0.6 is 0 Å². The summed E-state index contributed by atoms with van der Waals surface area (Å²) < 4.78 is 5.26. The maximum atomic E-state index is 12.5. The first-order chi connectivity index (χ1) is 14.6. The van der Waals surface area contributed by atoms with Crippen molar-refractivity contribution in [1.82, 2.24) is 10.3 Å². The molecule has 0 fully saturated rings. The molecule has 0 aliphatic heterocycles. The van der Waals surface area contributed by atoms with Gasteiger partial charge in [0.2, 0.25) is 0 Å². The number of carbonyl (C=O) groups is 2. The molecule has 1 aromatic heterocycles. The van der Waals surface area contributed by atoms with Gasteiger partial charge in [0.15, 0.2) is 6.61 Å². The topological polar surface area (TPSA) is 71.2 Å². The van der Waals surface area contributed by atoms with Gasteiger partial charge in [-0.1, -0.05) is 30.3 Å². The summed E-state index contributed by atoms with van der Waals surface area (Å²) in [6.45, 7) is 1.70. The molecule has 2 N–H and O–H groups in total. The minimum absolute atomic E-state index is 0.0131. The predicted molar refractivity (Wildman–Crippen MR) is 118 cm³/mol. The summed E-state index contributed by atoms with van der Waals surface area (Å²) in [4.78, 5) is 28.1. The summed E-state index contributed by atoms with van der Waals surface area (Å²) in [6, 6.07) is 15.8. The number of carbonyl (C=O) groups excluding carboxylic acids is 2. The second-order valence-electron chi connectivity index (χ2n) is 8.12. The molecule has 2 aromatic carbocycles. The highest BCUT2D eigenvalue weighted by Gasteiger charge is 2.18. The largest absolute Gasteiger partial charge is 0.452 e. The van der Waals surface area contributed by atoms with Gasteiger partial charge in [0, 0.05) is 22.6 Å². The Balaban J connectivity index is 1.29. The Morgan fingerprint density at radius 3 is 2.73 bits per heavy atom. The second kappa shape index (κ2) is 9.16. The maximum Gasteiger partial charge on any atom is 0.338 e. The quantitative estimate of drug-likeness (QED) is 0.576. The third-order valence-electron chi connectivity index (χ3n) is 5.78. The van der Waals surface area contributed by atoms with Crippen molar-refractivity contribution in [3.8, 4) is 0 Å². The monoisotopic (exact) mass is 404 g/mol. The Hall–Kier alpha value is -3.08. The molecule has 5 heteroatoms. The van der Waals surface area contributed by atoms with Crippen LogP contribution in [0.1, 0.15) is 53.4 Å². The molecule has 1 aliphatic rings. The van der Waals surface area contributed by atoms with E-state index in [0.717, 1.165) is 36.6 Å². The van der Waals surface area contributed by atoms with E-state index in [-0.39, 0.29) is 18.6 Å². The van der Waals surface area contributed by atoms with Gasteiger partial charge in [0.1, 0.15) is 0 Å². The molecule has 30 heavy (non-hydrogen) atoms. The van der Waals surface area contributed by atoms with Gasteiger partial charge in [-0.05, 0) is 74.8 Å². The predicted octanol–water partition coefficient (Wildman–Crippen LogP) is 4.34. The van der Waals surface area contributed by atoms with E-state index >= 15 is 0 Å². The van der Waals surface area contributed by atoms with Crippen LogP contribution in [0.5, 0.6) is 0 Å². The molecule has 4 rings (SSSR count). The average molecular weight is 405 g/mol. The Morgan fingerprint density at radius 2 is 1.90 bits per heavy atom. The number of rotatable bonds is 7. The lowest BCUT2D eigenvalue weighted by Gasteiger charge is -2.14. The number of aromatic nitrogens is 1. The standard InChI is InChI=1S/C25H28N2O3/c1-17(11-12-18-7-3-2-4-8-18)26-24(28)16-30-25(29)19-13-14-23-21(15-19)20-9-5-6-10-22(20)27-23/h2-4,7-8,13-15,17,27H,5-6,9-12,16H2,1H3,(H,26,28)/t17-/m1/s1. The maximum absolute atomic E-state index is 12.5. The van der Waals surface area contributed by atoms with Gasteiger partial charge in [-0.2, -0.15) is 0 Å². The Kier molecular flexibility index (Phi) is 6.17. The molecular formula is C25H28N2O3. The van der Waals surface area contributed by atoms with E-state index in [0.29, 0.717) is 5.56 Å². The van der Waals surface area contributed by atoms with Crippen LogP contribution in [0.3, 0.4) is 0 Å². The number of fused-ring (bicyclic) bond motifs is 3. The first kappa shape index (κ1) is 20.2. The van der Waals surface area contributed by atoms with E-state index < -0.39 is 5.97 Å². The highest BCUT2D eigenvalue weighted by atomic mass is 16.5. The van der Waals surface area contributed by atoms with Crippen molar-refractivity contribution in [2.75, 3.05) is 6.61 Å². The van der Waals surface area contributed by atoms with Crippen molar-refractivity contribution < 1.29 is 14.3 Å². The third kappa shape index (κ3) is 4.73. The van der Waals surface area contributed by atoms with Gasteiger partial charge in [0.05, 0.1) is 5.56 Å². The Labute approximate surface area is 176 Å². The second-order valence-corrected chi connectivity index (χ2v) is 8.12. The molecule has 0 radical (unpaired) electrons. The van der Waals surface area contributed by atoms with Gasteiger partial charge in [-0.25, -0.2) is 4.79 Å². The molecule has 0 saturated heterocycles. The lowest BCUT2D eigenvalue weighted by Crippen LogP contribution is -2.36. The summed E-state index contributed by atoms with van der Waals surface area (Å²) in [5.74, 6) is -0.737. The molecule has 0 saturated carbocycles. The fraction of sp³-hybridized carbons (Fsp3) is 0.360. The SMILES string of the molecule is C[C@H](CCc1ccccc1)NC(=O)COC(=O)c1ccc2[nH]c3c(c2c1)CCCC3. The number of benzene rings is 2. The van der Waals surface area contributed by atoms with Gasteiger partial charge >= 0.3 is 5.97 Å². The molecule has 3 aromatic rings. The van der Waals surface area contributed by atoms with E-state index in [2.05, 4.69) is 22.4 Å². The molecule has 1 amide bonds. The number of ether oxygens (including phenoxy) is 1. The first-order valence-electron chi connectivity index (χ1n) is 10.7. The van der Waals surface area contributed by atoms with Crippen LogP contribution in [-0.2, 0) is 28.8 Å². The molecule has 5 nitrogen and oxygen atoms in total. The molecule has 156 valence electrons. The van der Waals surface area contributed by atoms with E-state index in [1.807, 2.05) is 37.3 Å². The Bertz CT molecular complexity index is 1040. The molecule has 0 spiro atoms. The van der Waals surface area contributed by atoms with Crippen molar-refractivity contribution in [1.29, 1.82) is 0 Å². The number of hydrogen-bond acceptors (Lipinski definition) is 3. The van der Waals surface area contributed by atoms with Crippen molar-refractivity contribution in [2.45, 2.75) is 51.5 Å². The number of esters is 1. The number of nitrogens with one attached hydrogen (secondary N) is 2. The van der Waals surface area contributed by atoms with Crippen molar-refractivity contribution in [3.05, 3.63) is 70.9 Å². The molecule has 1 atom stereocenters. The zero-order chi connectivity index (χ0) is 20.9. The van der Waals surface area contributed by atoms with Crippen LogP contribution in [0.2, 0.25) is 0 Å². The van der Waals surface area contributed by atoms with Crippen LogP contribution < -0.4 is 5.32 Å². The van der Waals surface area contributed by atoms with Crippen LogP contribution in [0.4, 0.5) is 0 Å². The number of hydrogen-bond donors (Lipinski definition) is 2. The summed E-state index contributed by atoms with van der Waals surface area (Å²) in [5, 5.41) is 4.00. The minimum atomic E-state index is -0.463. The Morgan fingerprint density at radius 1 is 1.10 bits per heavy atom. The fourth-order valence-electron chi connectivity index (χ4n) is 4.16. The summed E-state index contributed by atoms with van der Waals surface area (Å²) in [7, 11) is 0. The normalized spacial score (nSPS) is 14.2. The zero-order valence-electron chi connectivity index (χ0n) is 17.4. The molecule has 1 heterocycles. The van der Waals surface area contributed by atoms with Crippen LogP contribution in [-0.4, -0.2) is 29.5 Å². The fourth-order valence-corrected chi connectivity index (χ4v) is 4.16. The van der Waals surface area contributed by atoms with Gasteiger partial charge < -0.3 is 15.0 Å². The first-order valence-corrected chi connectivity index (χ1v) is 10.7. The van der Waals surface area contributed by atoms with Crippen LogP contribution in [0.15, 0.2) is 48.5 Å². The van der Waals surface area contributed by atoms with E-state index in [1.165, 1.54) is 29.7 Å². The van der Waals surface area contributed by atoms with Gasteiger partial charge in [-0.15, -0.1) is 0 Å². The van der Waals surface area contributed by atoms with Crippen molar-refractivity contribution in [2.24, 2.45) is 0 Å². The minimum Gasteiger partial charge on any atom is -0.452 e. The summed E-state index contributed by atoms with van der Waals surface area (Å²) in [6.07, 6.45) is 6.20. The van der Waals surface area contributed by atoms with Crippen LogP contribution in [0, 0.1) is 0 Å². The number of H-pyrrole nitrogens is 1.